The molecule has 1 aromatic rings. The third-order valence-electron chi connectivity index (χ3n) is 3.73. The first-order chi connectivity index (χ1) is 11.6. The number of hydrogen-bond donors (Lipinski definition) is 3. The van der Waals surface area contributed by atoms with Crippen molar-refractivity contribution in [2.45, 2.75) is 39.1 Å². The first kappa shape index (κ1) is 21.2. The van der Waals surface area contributed by atoms with Gasteiger partial charge in [0.1, 0.15) is 5.69 Å². The number of aromatic nitrogens is 2. The first-order valence-corrected chi connectivity index (χ1v) is 7.95. The number of nitrogen functional groups attached to an aromatic ring is 2. The number of rotatable bonds is 3. The average molecular weight is 365 g/mol. The fourth-order valence-corrected chi connectivity index (χ4v) is 2.27. The zero-order valence-corrected chi connectivity index (χ0v) is 14.8. The number of hydrogen-bond acceptors (Lipinski definition) is 8. The zero-order valence-electron chi connectivity index (χ0n) is 14.8. The van der Waals surface area contributed by atoms with E-state index >= 15 is 0 Å². The molecule has 0 amide bonds. The molecule has 11 heteroatoms. The molecular formula is C14H26F3N7O. The SMILES string of the molecule is CC.CC(C1CN(C)CCO1)N(N)c1nc(C(F)(F)F)nc(N)c1N. The van der Waals surface area contributed by atoms with Gasteiger partial charge in [-0.05, 0) is 14.0 Å². The molecule has 0 radical (unpaired) electrons. The summed E-state index contributed by atoms with van der Waals surface area (Å²) in [6.45, 7) is 7.58. The molecule has 1 aliphatic heterocycles. The maximum absolute atomic E-state index is 12.8. The molecule has 0 saturated carbocycles. The molecule has 1 fully saturated rings. The molecule has 1 aromatic heterocycles. The number of morpholine rings is 1. The second-order valence-corrected chi connectivity index (χ2v) is 5.49. The van der Waals surface area contributed by atoms with E-state index in [0.717, 1.165) is 11.6 Å². The van der Waals surface area contributed by atoms with Crippen molar-refractivity contribution in [2.75, 3.05) is 43.2 Å². The lowest BCUT2D eigenvalue weighted by atomic mass is 10.1. The highest BCUT2D eigenvalue weighted by Crippen LogP contribution is 2.32. The van der Waals surface area contributed by atoms with E-state index in [2.05, 4.69) is 9.97 Å². The molecule has 8 nitrogen and oxygen atoms in total. The molecule has 2 heterocycles. The fraction of sp³-hybridized carbons (Fsp3) is 0.714. The van der Waals surface area contributed by atoms with Crippen LogP contribution in [0.5, 0.6) is 0 Å². The van der Waals surface area contributed by atoms with Crippen molar-refractivity contribution in [1.29, 1.82) is 0 Å². The number of nitrogens with zero attached hydrogens (tertiary/aromatic N) is 4. The van der Waals surface area contributed by atoms with Crippen LogP contribution in [0.1, 0.15) is 26.6 Å². The number of hydrazine groups is 1. The Morgan fingerprint density at radius 2 is 1.88 bits per heavy atom. The molecule has 25 heavy (non-hydrogen) atoms. The first-order valence-electron chi connectivity index (χ1n) is 7.95. The number of alkyl halides is 3. The molecular weight excluding hydrogens is 339 g/mol. The van der Waals surface area contributed by atoms with Gasteiger partial charge in [-0.1, -0.05) is 13.8 Å². The third kappa shape index (κ3) is 5.06. The Balaban J connectivity index is 0.00000151. The molecule has 1 saturated heterocycles. The van der Waals surface area contributed by atoms with Crippen LogP contribution < -0.4 is 22.3 Å². The van der Waals surface area contributed by atoms with Crippen LogP contribution in [0.4, 0.5) is 30.5 Å². The Bertz CT molecular complexity index is 570. The number of nitrogens with two attached hydrogens (primary N) is 3. The minimum absolute atomic E-state index is 0.198. The van der Waals surface area contributed by atoms with Crippen molar-refractivity contribution < 1.29 is 17.9 Å². The summed E-state index contributed by atoms with van der Waals surface area (Å²) in [5.41, 5.74) is 11.0. The summed E-state index contributed by atoms with van der Waals surface area (Å²) in [7, 11) is 1.92. The zero-order chi connectivity index (χ0) is 19.4. The molecule has 0 spiro atoms. The van der Waals surface area contributed by atoms with E-state index in [1.165, 1.54) is 0 Å². The van der Waals surface area contributed by atoms with E-state index in [4.69, 9.17) is 22.0 Å². The number of likely N-dealkylation sites (N-methyl/N-ethyl adjacent to an activating group) is 1. The Morgan fingerprint density at radius 3 is 2.40 bits per heavy atom. The highest BCUT2D eigenvalue weighted by molar-refractivity contribution is 5.73. The number of ether oxygens (including phenoxy) is 1. The maximum Gasteiger partial charge on any atom is 0.451 e. The van der Waals surface area contributed by atoms with Gasteiger partial charge >= 0.3 is 6.18 Å². The molecule has 0 aliphatic carbocycles. The lowest BCUT2D eigenvalue weighted by Gasteiger charge is -2.37. The summed E-state index contributed by atoms with van der Waals surface area (Å²) >= 11 is 0. The van der Waals surface area contributed by atoms with Crippen molar-refractivity contribution in [3.63, 3.8) is 0 Å². The lowest BCUT2D eigenvalue weighted by Crippen LogP contribution is -2.54. The van der Waals surface area contributed by atoms with Crippen molar-refractivity contribution >= 4 is 17.3 Å². The quantitative estimate of drug-likeness (QED) is 0.538. The van der Waals surface area contributed by atoms with Crippen molar-refractivity contribution in [3.05, 3.63) is 5.82 Å². The predicted octanol–water partition coefficient (Wildman–Crippen LogP) is 1.09. The summed E-state index contributed by atoms with van der Waals surface area (Å²) in [5, 5.41) is 1.05. The molecule has 2 unspecified atom stereocenters. The van der Waals surface area contributed by atoms with Crippen LogP contribution in [-0.4, -0.2) is 53.8 Å². The summed E-state index contributed by atoms with van der Waals surface area (Å²) in [4.78, 5) is 8.63. The van der Waals surface area contributed by atoms with Crippen LogP contribution >= 0.6 is 0 Å². The van der Waals surface area contributed by atoms with Crippen LogP contribution in [0, 0.1) is 0 Å². The Kier molecular flexibility index (Phi) is 7.20. The van der Waals surface area contributed by atoms with Crippen LogP contribution in [0.2, 0.25) is 0 Å². The molecule has 144 valence electrons. The van der Waals surface area contributed by atoms with Crippen molar-refractivity contribution in [3.8, 4) is 0 Å². The van der Waals surface area contributed by atoms with Gasteiger partial charge in [0.2, 0.25) is 5.82 Å². The Morgan fingerprint density at radius 1 is 1.28 bits per heavy atom. The van der Waals surface area contributed by atoms with Gasteiger partial charge in [0.25, 0.3) is 0 Å². The van der Waals surface area contributed by atoms with Gasteiger partial charge in [-0.2, -0.15) is 13.2 Å². The molecule has 0 aromatic carbocycles. The van der Waals surface area contributed by atoms with Crippen LogP contribution in [0.3, 0.4) is 0 Å². The summed E-state index contributed by atoms with van der Waals surface area (Å²) in [6.07, 6.45) is -5.05. The second kappa shape index (κ2) is 8.50. The minimum atomic E-state index is -4.75. The smallest absolute Gasteiger partial charge is 0.393 e. The summed E-state index contributed by atoms with van der Waals surface area (Å²) in [6, 6.07) is -0.463. The lowest BCUT2D eigenvalue weighted by molar-refractivity contribution is -0.144. The van der Waals surface area contributed by atoms with Gasteiger partial charge in [0.05, 0.1) is 18.8 Å². The minimum Gasteiger partial charge on any atom is -0.393 e. The van der Waals surface area contributed by atoms with E-state index in [1.54, 1.807) is 6.92 Å². The normalized spacial score (nSPS) is 19.8. The monoisotopic (exact) mass is 365 g/mol. The molecule has 1 aliphatic rings. The Labute approximate surface area is 145 Å². The van der Waals surface area contributed by atoms with Crippen molar-refractivity contribution in [1.82, 2.24) is 14.9 Å². The second-order valence-electron chi connectivity index (χ2n) is 5.49. The van der Waals surface area contributed by atoms with Crippen LogP contribution in [-0.2, 0) is 10.9 Å². The molecule has 2 atom stereocenters. The average Bonchev–Trinajstić information content (AvgIpc) is 2.56. The highest BCUT2D eigenvalue weighted by atomic mass is 19.4. The van der Waals surface area contributed by atoms with Gasteiger partial charge in [0, 0.05) is 13.1 Å². The van der Waals surface area contributed by atoms with Crippen molar-refractivity contribution in [2.24, 2.45) is 5.84 Å². The van der Waals surface area contributed by atoms with E-state index in [0.29, 0.717) is 13.2 Å². The van der Waals surface area contributed by atoms with Gasteiger partial charge in [0.15, 0.2) is 11.6 Å². The topological polar surface area (TPSA) is 120 Å². The number of anilines is 3. The molecule has 0 bridgehead atoms. The summed E-state index contributed by atoms with van der Waals surface area (Å²) < 4.78 is 44.1. The Hall–Kier alpha value is -1.85. The molecule has 6 N–H and O–H groups in total. The highest BCUT2D eigenvalue weighted by Gasteiger charge is 2.37. The van der Waals surface area contributed by atoms with Gasteiger partial charge < -0.3 is 21.1 Å². The maximum atomic E-state index is 12.8. The predicted molar refractivity (Wildman–Crippen MR) is 90.6 cm³/mol. The fourth-order valence-electron chi connectivity index (χ4n) is 2.27. The van der Waals surface area contributed by atoms with Gasteiger partial charge in [-0.3, -0.25) is 5.01 Å². The molecule has 2 rings (SSSR count). The van der Waals surface area contributed by atoms with Crippen LogP contribution in [0.25, 0.3) is 0 Å². The van der Waals surface area contributed by atoms with E-state index in [1.807, 2.05) is 25.8 Å². The van der Waals surface area contributed by atoms with Gasteiger partial charge in [-0.25, -0.2) is 15.8 Å². The van der Waals surface area contributed by atoms with E-state index in [-0.39, 0.29) is 17.6 Å². The summed E-state index contributed by atoms with van der Waals surface area (Å²) in [5.74, 6) is 3.82. The van der Waals surface area contributed by atoms with E-state index in [9.17, 15) is 13.2 Å². The number of halogens is 3. The van der Waals surface area contributed by atoms with Gasteiger partial charge in [-0.15, -0.1) is 0 Å². The van der Waals surface area contributed by atoms with E-state index < -0.39 is 23.9 Å². The standard InChI is InChI=1S/C12H20F3N7O.C2H6/c1-6(7-5-21(2)3-4-23-7)22(18)10-8(16)9(17)19-11(20-10)12(13,14)15;1-2/h6-7H,3-5,16,18H2,1-2H3,(H2,17,19,20);1-2H3. The van der Waals surface area contributed by atoms with Crippen LogP contribution in [0.15, 0.2) is 0 Å². The largest absolute Gasteiger partial charge is 0.451 e. The third-order valence-corrected chi connectivity index (χ3v) is 3.73.